The number of ether oxygens (including phenoxy) is 3. The van der Waals surface area contributed by atoms with E-state index >= 15 is 0 Å². The Hall–Kier alpha value is -7.02. The Bertz CT molecular complexity index is 2820. The van der Waals surface area contributed by atoms with Gasteiger partial charge in [-0.1, -0.05) is 328 Å². The maximum atomic E-state index is 11.0. The molecule has 9 aromatic rings. The van der Waals surface area contributed by atoms with E-state index in [9.17, 15) is 8.78 Å². The van der Waals surface area contributed by atoms with Crippen LogP contribution in [-0.2, 0) is 14.2 Å². The van der Waals surface area contributed by atoms with Crippen LogP contribution < -0.4 is 0 Å². The van der Waals surface area contributed by atoms with E-state index < -0.39 is 5.92 Å². The topological polar surface area (TPSA) is 27.7 Å². The minimum absolute atomic E-state index is 0.449. The first kappa shape index (κ1) is 89.2. The van der Waals surface area contributed by atoms with Crippen LogP contribution in [-0.4, -0.2) is 44.6 Å². The van der Waals surface area contributed by atoms with Crippen LogP contribution in [0.5, 0.6) is 0 Å². The standard InChI is InChI=1S/2C20H18.C12H12.2C6H14O.C6H6.C4H10O.C4H10.C3H6F2.3C2H6/c1-15-3-7-17(8-4-15)19-11-13-20(14-12-19)18-9-5-16(2)6-10-18;1-15-6-10-17(11-7-15)19-4-3-5-20(14-19)18-12-8-16(2)9-13-18;1-9-3-5-11-6-4-10(2)8-12(11)7-9;2*1-4-6(3)7-5-2;1-2-4-6-5-3-1;1-3-5-4-2;1-3-4-2;1-3(2,4)5;3*1-2/h2*3-14H,1-2H3;3-8H,1-2H3;2*6H,4-5H2,1-3H3;1-6H;3-4H2,1-2H3;3-4H2,1-2H3;1-2H3;3*1-2H3. The molecular weight excluding hydrogens is 1130 g/mol. The average Bonchev–Trinajstić information content (AvgIpc) is 0.998. The van der Waals surface area contributed by atoms with E-state index in [0.29, 0.717) is 12.2 Å². The Kier molecular flexibility index (Phi) is 56.1. The molecule has 5 heteroatoms. The summed E-state index contributed by atoms with van der Waals surface area (Å²) in [6.07, 6.45) is 5.77. The summed E-state index contributed by atoms with van der Waals surface area (Å²) in [5.41, 5.74) is 18.0. The average molecular weight is 1260 g/mol. The molecule has 0 aliphatic rings. The number of benzene rings is 9. The van der Waals surface area contributed by atoms with Crippen molar-refractivity contribution in [3.8, 4) is 44.5 Å². The lowest BCUT2D eigenvalue weighted by Crippen LogP contribution is -2.04. The van der Waals surface area contributed by atoms with Gasteiger partial charge in [-0.25, -0.2) is 8.78 Å². The van der Waals surface area contributed by atoms with Gasteiger partial charge in [-0.05, 0) is 171 Å². The zero-order valence-electron chi connectivity index (χ0n) is 62.1. The maximum Gasteiger partial charge on any atom is 0.242 e. The smallest absolute Gasteiger partial charge is 0.242 e. The zero-order chi connectivity index (χ0) is 70.1. The molecule has 0 N–H and O–H groups in total. The van der Waals surface area contributed by atoms with Crippen molar-refractivity contribution in [2.75, 3.05) is 26.4 Å². The molecule has 2 unspecified atom stereocenters. The van der Waals surface area contributed by atoms with Crippen molar-refractivity contribution in [3.63, 3.8) is 0 Å². The molecule has 0 saturated carbocycles. The van der Waals surface area contributed by atoms with Crippen LogP contribution in [0.15, 0.2) is 218 Å². The van der Waals surface area contributed by atoms with Crippen molar-refractivity contribution in [3.05, 3.63) is 252 Å². The molecule has 9 aromatic carbocycles. The number of rotatable bonds is 13. The molecule has 0 fully saturated rings. The predicted molar refractivity (Wildman–Crippen MR) is 409 cm³/mol. The molecular formula is C87H126F2O3. The molecule has 0 aliphatic heterocycles. The molecule has 0 aliphatic carbocycles. The summed E-state index contributed by atoms with van der Waals surface area (Å²) in [4.78, 5) is 0. The Morgan fingerprint density at radius 3 is 0.717 bits per heavy atom. The number of hydrogen-bond donors (Lipinski definition) is 0. The van der Waals surface area contributed by atoms with Crippen LogP contribution in [0, 0.1) is 41.5 Å². The van der Waals surface area contributed by atoms with E-state index in [1.54, 1.807) is 0 Å². The highest BCUT2D eigenvalue weighted by Gasteiger charge is 2.08. The molecule has 0 spiro atoms. The van der Waals surface area contributed by atoms with Crippen molar-refractivity contribution in [1.29, 1.82) is 0 Å². The van der Waals surface area contributed by atoms with Crippen LogP contribution in [0.2, 0.25) is 0 Å². The Morgan fingerprint density at radius 2 is 0.522 bits per heavy atom. The van der Waals surface area contributed by atoms with Gasteiger partial charge in [-0.3, -0.25) is 0 Å². The second-order valence-corrected chi connectivity index (χ2v) is 21.6. The lowest BCUT2D eigenvalue weighted by molar-refractivity contribution is 0.0437. The molecule has 0 amide bonds. The van der Waals surface area contributed by atoms with Gasteiger partial charge in [0.15, 0.2) is 0 Å². The monoisotopic (exact) mass is 1260 g/mol. The summed E-state index contributed by atoms with van der Waals surface area (Å²) in [6.45, 7) is 50.6. The largest absolute Gasteiger partial charge is 0.382 e. The quantitative estimate of drug-likeness (QED) is 0.115. The highest BCUT2D eigenvalue weighted by molar-refractivity contribution is 5.83. The van der Waals surface area contributed by atoms with Crippen LogP contribution in [0.25, 0.3) is 55.3 Å². The fourth-order valence-corrected chi connectivity index (χ4v) is 7.60. The lowest BCUT2D eigenvalue weighted by atomic mass is 9.98. The van der Waals surface area contributed by atoms with Gasteiger partial charge < -0.3 is 14.2 Å². The van der Waals surface area contributed by atoms with Gasteiger partial charge in [-0.2, -0.15) is 0 Å². The SMILES string of the molecule is CC.CC.CC.CC(C)(F)F.CCCC.CCOC(C)CC.CCOC(C)CC.CCOCC.Cc1ccc(-c2ccc(-c3ccc(C)cc3)cc2)cc1.Cc1ccc(-c2cccc(-c3ccc(C)cc3)c2)cc1.Cc1ccc2ccc(C)cc2c1.c1ccccc1. The summed E-state index contributed by atoms with van der Waals surface area (Å²) in [7, 11) is 0. The zero-order valence-corrected chi connectivity index (χ0v) is 62.1. The first-order chi connectivity index (χ1) is 44.1. The summed E-state index contributed by atoms with van der Waals surface area (Å²) in [5, 5.41) is 2.67. The summed E-state index contributed by atoms with van der Waals surface area (Å²) >= 11 is 0. The predicted octanol–water partition coefficient (Wildman–Crippen LogP) is 27.7. The highest BCUT2D eigenvalue weighted by Crippen LogP contribution is 2.28. The van der Waals surface area contributed by atoms with E-state index in [4.69, 9.17) is 14.2 Å². The molecule has 2 atom stereocenters. The summed E-state index contributed by atoms with van der Waals surface area (Å²) in [6, 6.07) is 77.3. The second kappa shape index (κ2) is 57.8. The third-order valence-corrected chi connectivity index (χ3v) is 13.1. The first-order valence-corrected chi connectivity index (χ1v) is 34.3. The third-order valence-electron chi connectivity index (χ3n) is 13.1. The Labute approximate surface area is 563 Å². The first-order valence-electron chi connectivity index (χ1n) is 34.3. The van der Waals surface area contributed by atoms with Gasteiger partial charge in [-0.15, -0.1) is 0 Å². The Morgan fingerprint density at radius 1 is 0.293 bits per heavy atom. The van der Waals surface area contributed by atoms with E-state index in [1.165, 1.54) is 102 Å². The van der Waals surface area contributed by atoms with Crippen LogP contribution >= 0.6 is 0 Å². The van der Waals surface area contributed by atoms with Gasteiger partial charge in [0, 0.05) is 26.4 Å². The normalized spacial score (nSPS) is 10.2. The van der Waals surface area contributed by atoms with Gasteiger partial charge in [0.1, 0.15) is 0 Å². The fraction of sp³-hybridized carbons (Fsp3) is 0.402. The maximum absolute atomic E-state index is 11.0. The molecule has 0 saturated heterocycles. The summed E-state index contributed by atoms with van der Waals surface area (Å²) in [5.74, 6) is -2.50. The van der Waals surface area contributed by atoms with Crippen LogP contribution in [0.4, 0.5) is 8.78 Å². The van der Waals surface area contributed by atoms with Crippen molar-refractivity contribution in [2.45, 2.75) is 210 Å². The molecule has 92 heavy (non-hydrogen) atoms. The van der Waals surface area contributed by atoms with E-state index in [0.717, 1.165) is 53.1 Å². The van der Waals surface area contributed by atoms with Crippen molar-refractivity contribution >= 4 is 10.8 Å². The van der Waals surface area contributed by atoms with Gasteiger partial charge in [0.05, 0.1) is 12.2 Å². The summed E-state index contributed by atoms with van der Waals surface area (Å²) < 4.78 is 37.3. The van der Waals surface area contributed by atoms with Crippen molar-refractivity contribution in [2.24, 2.45) is 0 Å². The van der Waals surface area contributed by atoms with E-state index in [1.807, 2.05) is 106 Å². The molecule has 3 nitrogen and oxygen atoms in total. The number of aryl methyl sites for hydroxylation is 6. The molecule has 0 aromatic heterocycles. The third kappa shape index (κ3) is 46.1. The molecule has 506 valence electrons. The molecule has 0 bridgehead atoms. The lowest BCUT2D eigenvalue weighted by Gasteiger charge is -2.07. The van der Waals surface area contributed by atoms with E-state index in [2.05, 4.69) is 265 Å². The molecule has 9 rings (SSSR count). The van der Waals surface area contributed by atoms with E-state index in [-0.39, 0.29) is 0 Å². The molecule has 0 radical (unpaired) electrons. The minimum atomic E-state index is -2.50. The number of unbranched alkanes of at least 4 members (excludes halogenated alkanes) is 1. The number of fused-ring (bicyclic) bond motifs is 1. The number of hydrogen-bond acceptors (Lipinski definition) is 3. The van der Waals surface area contributed by atoms with Gasteiger partial charge in [0.2, 0.25) is 5.92 Å². The second-order valence-electron chi connectivity index (χ2n) is 21.6. The van der Waals surface area contributed by atoms with Crippen molar-refractivity contribution in [1.82, 2.24) is 0 Å². The minimum Gasteiger partial charge on any atom is -0.382 e. The fourth-order valence-electron chi connectivity index (χ4n) is 7.60. The number of halogens is 2. The van der Waals surface area contributed by atoms with Crippen LogP contribution in [0.3, 0.4) is 0 Å². The number of alkyl halides is 2. The van der Waals surface area contributed by atoms with Crippen molar-refractivity contribution < 1.29 is 23.0 Å². The molecule has 0 heterocycles. The van der Waals surface area contributed by atoms with Gasteiger partial charge >= 0.3 is 0 Å². The Balaban J connectivity index is -0.00000102. The van der Waals surface area contributed by atoms with Gasteiger partial charge in [0.25, 0.3) is 0 Å². The van der Waals surface area contributed by atoms with Crippen LogP contribution in [0.1, 0.15) is 184 Å². The highest BCUT2D eigenvalue weighted by atomic mass is 19.3.